The van der Waals surface area contributed by atoms with Crippen LogP contribution in [0.2, 0.25) is 0 Å². The lowest BCUT2D eigenvalue weighted by Gasteiger charge is -2.25. The molecular formula is C27H22FNO4. The molecule has 0 N–H and O–H groups in total. The Bertz CT molecular complexity index is 1420. The third kappa shape index (κ3) is 3.48. The molecule has 0 bridgehead atoms. The molecule has 166 valence electrons. The summed E-state index contributed by atoms with van der Waals surface area (Å²) in [6, 6.07) is 18.0. The van der Waals surface area contributed by atoms with Crippen LogP contribution < -0.4 is 15.1 Å². The summed E-state index contributed by atoms with van der Waals surface area (Å²) in [5.41, 5.74) is 2.44. The lowest BCUT2D eigenvalue weighted by molar-refractivity contribution is 0.0971. The summed E-state index contributed by atoms with van der Waals surface area (Å²) in [7, 11) is 0. The van der Waals surface area contributed by atoms with Crippen molar-refractivity contribution in [2.24, 2.45) is 0 Å². The lowest BCUT2D eigenvalue weighted by atomic mass is 9.98. The van der Waals surface area contributed by atoms with Crippen molar-refractivity contribution in [3.8, 4) is 5.75 Å². The summed E-state index contributed by atoms with van der Waals surface area (Å²) in [4.78, 5) is 28.7. The largest absolute Gasteiger partial charge is 0.494 e. The number of hydrogen-bond donors (Lipinski definition) is 0. The first kappa shape index (κ1) is 20.9. The Hall–Kier alpha value is -3.93. The van der Waals surface area contributed by atoms with Gasteiger partial charge in [-0.3, -0.25) is 14.5 Å². The van der Waals surface area contributed by atoms with Crippen molar-refractivity contribution in [1.29, 1.82) is 0 Å². The van der Waals surface area contributed by atoms with Crippen molar-refractivity contribution in [2.75, 3.05) is 11.5 Å². The number of rotatable bonds is 5. The summed E-state index contributed by atoms with van der Waals surface area (Å²) in [5, 5.41) is 0.107. The van der Waals surface area contributed by atoms with Gasteiger partial charge in [0.05, 0.1) is 23.6 Å². The van der Waals surface area contributed by atoms with Crippen molar-refractivity contribution in [3.63, 3.8) is 0 Å². The zero-order chi connectivity index (χ0) is 23.1. The molecule has 1 aromatic heterocycles. The number of nitrogens with zero attached hydrogens (tertiary/aromatic N) is 1. The van der Waals surface area contributed by atoms with E-state index in [0.717, 1.165) is 18.1 Å². The molecule has 2 heterocycles. The molecule has 0 fully saturated rings. The van der Waals surface area contributed by atoms with Gasteiger partial charge in [-0.2, -0.15) is 0 Å². The quantitative estimate of drug-likeness (QED) is 0.400. The van der Waals surface area contributed by atoms with Gasteiger partial charge in [0, 0.05) is 5.69 Å². The summed E-state index contributed by atoms with van der Waals surface area (Å²) in [6.07, 6.45) is 0.866. The van der Waals surface area contributed by atoms with Crippen LogP contribution in [0.1, 0.15) is 47.1 Å². The minimum atomic E-state index is -0.732. The second kappa shape index (κ2) is 8.20. The zero-order valence-electron chi connectivity index (χ0n) is 18.3. The Labute approximate surface area is 190 Å². The van der Waals surface area contributed by atoms with Crippen LogP contribution in [0, 0.1) is 5.82 Å². The Morgan fingerprint density at radius 1 is 1.00 bits per heavy atom. The highest BCUT2D eigenvalue weighted by Gasteiger charge is 2.43. The maximum Gasteiger partial charge on any atom is 0.295 e. The van der Waals surface area contributed by atoms with E-state index < -0.39 is 23.2 Å². The number of fused-ring (bicyclic) bond motifs is 2. The molecule has 0 spiro atoms. The second-order valence-electron chi connectivity index (χ2n) is 7.92. The Morgan fingerprint density at radius 3 is 2.52 bits per heavy atom. The highest BCUT2D eigenvalue weighted by Crippen LogP contribution is 2.42. The van der Waals surface area contributed by atoms with Crippen molar-refractivity contribution in [3.05, 3.63) is 105 Å². The Balaban J connectivity index is 1.77. The van der Waals surface area contributed by atoms with Gasteiger partial charge in [-0.05, 0) is 66.9 Å². The topological polar surface area (TPSA) is 59.8 Å². The monoisotopic (exact) mass is 443 g/mol. The van der Waals surface area contributed by atoms with Crippen LogP contribution in [-0.4, -0.2) is 12.5 Å². The number of ether oxygens (including phenoxy) is 1. The van der Waals surface area contributed by atoms with E-state index in [-0.39, 0.29) is 22.3 Å². The summed E-state index contributed by atoms with van der Waals surface area (Å²) in [5.74, 6) is -0.343. The van der Waals surface area contributed by atoms with Gasteiger partial charge in [-0.1, -0.05) is 31.2 Å². The molecule has 0 saturated heterocycles. The smallest absolute Gasteiger partial charge is 0.295 e. The first-order chi connectivity index (χ1) is 16.0. The Kier molecular flexibility index (Phi) is 5.21. The SMILES string of the molecule is CCOc1cccc(C2c3c(oc4ccc(F)cc4c3=O)C(=O)N2c2ccc(CC)cc2)c1. The predicted molar refractivity (Wildman–Crippen MR) is 125 cm³/mol. The predicted octanol–water partition coefficient (Wildman–Crippen LogP) is 5.64. The van der Waals surface area contributed by atoms with Crippen LogP contribution in [0.4, 0.5) is 10.1 Å². The molecular weight excluding hydrogens is 421 g/mol. The van der Waals surface area contributed by atoms with Gasteiger partial charge in [0.1, 0.15) is 17.1 Å². The minimum absolute atomic E-state index is 0.0227. The van der Waals surface area contributed by atoms with E-state index in [1.165, 1.54) is 12.1 Å². The van der Waals surface area contributed by atoms with Crippen LogP contribution in [0.15, 0.2) is 75.9 Å². The van der Waals surface area contributed by atoms with E-state index in [1.807, 2.05) is 55.5 Å². The van der Waals surface area contributed by atoms with Gasteiger partial charge in [0.25, 0.3) is 5.91 Å². The van der Waals surface area contributed by atoms with Crippen LogP contribution in [-0.2, 0) is 6.42 Å². The van der Waals surface area contributed by atoms with Crippen molar-refractivity contribution >= 4 is 22.6 Å². The summed E-state index contributed by atoms with van der Waals surface area (Å²) >= 11 is 0. The normalized spacial score (nSPS) is 15.2. The average Bonchev–Trinajstić information content (AvgIpc) is 3.12. The summed E-state index contributed by atoms with van der Waals surface area (Å²) < 4.78 is 25.5. The molecule has 6 heteroatoms. The molecule has 4 aromatic rings. The molecule has 1 amide bonds. The van der Waals surface area contributed by atoms with Crippen molar-refractivity contribution < 1.29 is 18.3 Å². The average molecular weight is 443 g/mol. The van der Waals surface area contributed by atoms with Gasteiger partial charge < -0.3 is 9.15 Å². The molecule has 1 aliphatic rings. The van der Waals surface area contributed by atoms with Crippen LogP contribution in [0.5, 0.6) is 5.75 Å². The van der Waals surface area contributed by atoms with Crippen molar-refractivity contribution in [1.82, 2.24) is 0 Å². The highest BCUT2D eigenvalue weighted by atomic mass is 19.1. The second-order valence-corrected chi connectivity index (χ2v) is 7.92. The van der Waals surface area contributed by atoms with Gasteiger partial charge >= 0.3 is 0 Å². The number of anilines is 1. The highest BCUT2D eigenvalue weighted by molar-refractivity contribution is 6.10. The Morgan fingerprint density at radius 2 is 1.79 bits per heavy atom. The third-order valence-electron chi connectivity index (χ3n) is 5.94. The van der Waals surface area contributed by atoms with E-state index in [0.29, 0.717) is 23.6 Å². The van der Waals surface area contributed by atoms with E-state index in [2.05, 4.69) is 6.92 Å². The fourth-order valence-electron chi connectivity index (χ4n) is 4.36. The maximum absolute atomic E-state index is 13.9. The number of benzene rings is 3. The first-order valence-electron chi connectivity index (χ1n) is 10.9. The van der Waals surface area contributed by atoms with E-state index in [1.54, 1.807) is 4.90 Å². The third-order valence-corrected chi connectivity index (χ3v) is 5.94. The molecule has 0 radical (unpaired) electrons. The minimum Gasteiger partial charge on any atom is -0.494 e. The molecule has 5 rings (SSSR count). The van der Waals surface area contributed by atoms with Gasteiger partial charge in [-0.25, -0.2) is 4.39 Å². The molecule has 1 unspecified atom stereocenters. The first-order valence-corrected chi connectivity index (χ1v) is 10.9. The molecule has 1 atom stereocenters. The zero-order valence-corrected chi connectivity index (χ0v) is 18.3. The van der Waals surface area contributed by atoms with Crippen LogP contribution in [0.25, 0.3) is 11.0 Å². The van der Waals surface area contributed by atoms with Gasteiger partial charge in [-0.15, -0.1) is 0 Å². The molecule has 33 heavy (non-hydrogen) atoms. The number of halogens is 1. The van der Waals surface area contributed by atoms with Gasteiger partial charge in [0.2, 0.25) is 5.76 Å². The number of aryl methyl sites for hydroxylation is 1. The van der Waals surface area contributed by atoms with Crippen LogP contribution in [0.3, 0.4) is 0 Å². The van der Waals surface area contributed by atoms with E-state index in [9.17, 15) is 14.0 Å². The molecule has 1 aliphatic heterocycles. The number of carbonyl (C=O) groups excluding carboxylic acids is 1. The molecule has 0 aliphatic carbocycles. The maximum atomic E-state index is 13.9. The fraction of sp³-hybridized carbons (Fsp3) is 0.185. The van der Waals surface area contributed by atoms with Crippen LogP contribution >= 0.6 is 0 Å². The van der Waals surface area contributed by atoms with E-state index >= 15 is 0 Å². The standard InChI is InChI=1S/C27H22FNO4/c1-3-16-8-11-19(12-9-16)29-24(17-6-5-7-20(14-17)32-4-2)23-25(30)21-15-18(28)10-13-22(21)33-26(23)27(29)31/h5-15,24H,3-4H2,1-2H3. The van der Waals surface area contributed by atoms with Gasteiger partial charge in [0.15, 0.2) is 5.43 Å². The number of hydrogen-bond acceptors (Lipinski definition) is 4. The van der Waals surface area contributed by atoms with E-state index in [4.69, 9.17) is 9.15 Å². The van der Waals surface area contributed by atoms with Crippen molar-refractivity contribution in [2.45, 2.75) is 26.3 Å². The summed E-state index contributed by atoms with van der Waals surface area (Å²) in [6.45, 7) is 4.43. The number of carbonyl (C=O) groups is 1. The molecule has 3 aromatic carbocycles. The molecule has 5 nitrogen and oxygen atoms in total. The number of amides is 1. The fourth-order valence-corrected chi connectivity index (χ4v) is 4.36. The molecule has 0 saturated carbocycles. The lowest BCUT2D eigenvalue weighted by Crippen LogP contribution is -2.29.